The van der Waals surface area contributed by atoms with Gasteiger partial charge in [-0.2, -0.15) is 0 Å². The molecule has 0 saturated carbocycles. The molecule has 1 aromatic carbocycles. The maximum atomic E-state index is 10.2. The molecule has 0 spiro atoms. The van der Waals surface area contributed by atoms with Crippen LogP contribution < -0.4 is 0 Å². The number of benzene rings is 1. The Morgan fingerprint density at radius 1 is 1.45 bits per heavy atom. The maximum absolute atomic E-state index is 10.2. The number of carbonyl (C=O) groups is 1. The van der Waals surface area contributed by atoms with Gasteiger partial charge in [0.25, 0.3) is 0 Å². The van der Waals surface area contributed by atoms with Crippen molar-refractivity contribution in [1.82, 2.24) is 0 Å². The largest absolute Gasteiger partial charge is 0.507 e. The van der Waals surface area contributed by atoms with Gasteiger partial charge in [0, 0.05) is 20.4 Å². The Balaban J connectivity index is 0.000001000. The van der Waals surface area contributed by atoms with Crippen LogP contribution >= 0.6 is 0 Å². The summed E-state index contributed by atoms with van der Waals surface area (Å²) in [7, 11) is 0. The molecule has 11 heavy (non-hydrogen) atoms. The number of aldehydes is 1. The molecule has 0 unspecified atom stereocenters. The van der Waals surface area contributed by atoms with E-state index in [1.807, 2.05) is 0 Å². The van der Waals surface area contributed by atoms with Gasteiger partial charge in [0.2, 0.25) is 0 Å². The molecule has 0 atom stereocenters. The van der Waals surface area contributed by atoms with Gasteiger partial charge < -0.3 is 5.11 Å². The second kappa shape index (κ2) is 4.28. The molecule has 1 N–H and O–H groups in total. The Kier molecular flexibility index (Phi) is 4.02. The minimum Gasteiger partial charge on any atom is -0.507 e. The standard InChI is InChI=1S/C8H8O2.Pd/c1-6-3-2-4-7(5-9)8(6)10;/h2-5,10H,1H3;. The first-order valence-corrected chi connectivity index (χ1v) is 2.99. The summed E-state index contributed by atoms with van der Waals surface area (Å²) in [5.74, 6) is 0.0810. The molecule has 0 heterocycles. The number of carbonyl (C=O) groups excluding carboxylic acids is 1. The third kappa shape index (κ3) is 2.14. The van der Waals surface area contributed by atoms with Crippen molar-refractivity contribution in [2.75, 3.05) is 0 Å². The van der Waals surface area contributed by atoms with Crippen LogP contribution in [0, 0.1) is 6.92 Å². The quantitative estimate of drug-likeness (QED) is 0.599. The van der Waals surface area contributed by atoms with E-state index in [0.717, 1.165) is 5.56 Å². The third-order valence-corrected chi connectivity index (χ3v) is 1.40. The van der Waals surface area contributed by atoms with E-state index in [2.05, 4.69) is 0 Å². The minimum atomic E-state index is 0. The van der Waals surface area contributed by atoms with Crippen molar-refractivity contribution >= 4 is 6.29 Å². The normalized spacial score (nSPS) is 8.45. The monoisotopic (exact) mass is 242 g/mol. The van der Waals surface area contributed by atoms with Crippen LogP contribution in [0.25, 0.3) is 0 Å². The molecule has 1 rings (SSSR count). The zero-order valence-electron chi connectivity index (χ0n) is 5.98. The van der Waals surface area contributed by atoms with Crippen LogP contribution in [0.3, 0.4) is 0 Å². The van der Waals surface area contributed by atoms with E-state index < -0.39 is 0 Å². The van der Waals surface area contributed by atoms with Gasteiger partial charge in [-0.15, -0.1) is 0 Å². The summed E-state index contributed by atoms with van der Waals surface area (Å²) in [4.78, 5) is 10.2. The number of phenolic OH excluding ortho intramolecular Hbond substituents is 1. The molecule has 0 radical (unpaired) electrons. The van der Waals surface area contributed by atoms with Gasteiger partial charge in [0.05, 0.1) is 5.56 Å². The van der Waals surface area contributed by atoms with Crippen molar-refractivity contribution in [1.29, 1.82) is 0 Å². The van der Waals surface area contributed by atoms with Gasteiger partial charge in [-0.3, -0.25) is 4.79 Å². The number of phenols is 1. The molecule has 0 fully saturated rings. The maximum Gasteiger partial charge on any atom is 0.153 e. The molecule has 0 aromatic heterocycles. The zero-order chi connectivity index (χ0) is 7.56. The van der Waals surface area contributed by atoms with Gasteiger partial charge in [-0.25, -0.2) is 0 Å². The third-order valence-electron chi connectivity index (χ3n) is 1.40. The van der Waals surface area contributed by atoms with Crippen LogP contribution in [0.2, 0.25) is 0 Å². The van der Waals surface area contributed by atoms with E-state index in [-0.39, 0.29) is 26.2 Å². The average molecular weight is 243 g/mol. The molecule has 0 aliphatic rings. The molecular formula is C8H8O2Pd. The summed E-state index contributed by atoms with van der Waals surface area (Å²) in [6, 6.07) is 5.07. The summed E-state index contributed by atoms with van der Waals surface area (Å²) in [5, 5.41) is 9.17. The minimum absolute atomic E-state index is 0. The molecule has 62 valence electrons. The van der Waals surface area contributed by atoms with Crippen molar-refractivity contribution in [3.05, 3.63) is 29.3 Å². The van der Waals surface area contributed by atoms with Crippen LogP contribution in [0.4, 0.5) is 0 Å². The molecule has 0 amide bonds. The molecule has 0 saturated heterocycles. The fraction of sp³-hybridized carbons (Fsp3) is 0.125. The molecule has 3 heteroatoms. The summed E-state index contributed by atoms with van der Waals surface area (Å²) in [6.07, 6.45) is 0.641. The number of rotatable bonds is 1. The molecule has 0 bridgehead atoms. The van der Waals surface area contributed by atoms with Crippen molar-refractivity contribution in [2.45, 2.75) is 6.92 Å². The predicted octanol–water partition coefficient (Wildman–Crippen LogP) is 1.51. The van der Waals surface area contributed by atoms with Crippen LogP contribution in [-0.2, 0) is 20.4 Å². The predicted molar refractivity (Wildman–Crippen MR) is 38.2 cm³/mol. The second-order valence-electron chi connectivity index (χ2n) is 2.13. The van der Waals surface area contributed by atoms with Crippen molar-refractivity contribution in [3.63, 3.8) is 0 Å². The summed E-state index contributed by atoms with van der Waals surface area (Å²) >= 11 is 0. The van der Waals surface area contributed by atoms with E-state index in [1.54, 1.807) is 25.1 Å². The number of hydrogen-bond donors (Lipinski definition) is 1. The first-order chi connectivity index (χ1) is 4.75. The molecule has 1 aromatic rings. The Hall–Kier alpha value is -0.648. The number of hydrogen-bond acceptors (Lipinski definition) is 2. The average Bonchev–Trinajstić information content (AvgIpc) is 1.95. The van der Waals surface area contributed by atoms with Gasteiger partial charge in [0.1, 0.15) is 5.75 Å². The van der Waals surface area contributed by atoms with Gasteiger partial charge in [0.15, 0.2) is 6.29 Å². The first kappa shape index (κ1) is 10.4. The Labute approximate surface area is 78.9 Å². The van der Waals surface area contributed by atoms with Crippen LogP contribution in [0.1, 0.15) is 15.9 Å². The van der Waals surface area contributed by atoms with E-state index in [9.17, 15) is 4.79 Å². The number of aryl methyl sites for hydroxylation is 1. The van der Waals surface area contributed by atoms with Crippen LogP contribution in [0.15, 0.2) is 18.2 Å². The summed E-state index contributed by atoms with van der Waals surface area (Å²) < 4.78 is 0. The SMILES string of the molecule is Cc1cccc(C=O)c1O.[Pd]. The Morgan fingerprint density at radius 2 is 2.09 bits per heavy atom. The summed E-state index contributed by atoms with van der Waals surface area (Å²) in [6.45, 7) is 1.75. The molecule has 2 nitrogen and oxygen atoms in total. The molecule has 0 aliphatic heterocycles. The van der Waals surface area contributed by atoms with Crippen LogP contribution in [0.5, 0.6) is 5.75 Å². The number of aromatic hydroxyl groups is 1. The topological polar surface area (TPSA) is 37.3 Å². The smallest absolute Gasteiger partial charge is 0.153 e. The molecular weight excluding hydrogens is 235 g/mol. The fourth-order valence-electron chi connectivity index (χ4n) is 0.777. The van der Waals surface area contributed by atoms with Gasteiger partial charge in [-0.05, 0) is 18.6 Å². The van der Waals surface area contributed by atoms with Crippen molar-refractivity contribution in [3.8, 4) is 5.75 Å². The van der Waals surface area contributed by atoms with E-state index in [0.29, 0.717) is 11.8 Å². The van der Waals surface area contributed by atoms with E-state index in [4.69, 9.17) is 5.11 Å². The summed E-state index contributed by atoms with van der Waals surface area (Å²) in [5.41, 5.74) is 1.07. The fourth-order valence-corrected chi connectivity index (χ4v) is 0.777. The van der Waals surface area contributed by atoms with Crippen LogP contribution in [-0.4, -0.2) is 11.4 Å². The number of para-hydroxylation sites is 1. The first-order valence-electron chi connectivity index (χ1n) is 2.99. The Bertz CT molecular complexity index is 258. The van der Waals surface area contributed by atoms with Crippen molar-refractivity contribution < 1.29 is 30.3 Å². The van der Waals surface area contributed by atoms with Gasteiger partial charge >= 0.3 is 0 Å². The molecule has 0 aliphatic carbocycles. The van der Waals surface area contributed by atoms with E-state index in [1.165, 1.54) is 0 Å². The van der Waals surface area contributed by atoms with Crippen molar-refractivity contribution in [2.24, 2.45) is 0 Å². The zero-order valence-corrected chi connectivity index (χ0v) is 7.54. The second-order valence-corrected chi connectivity index (χ2v) is 2.13. The van der Waals surface area contributed by atoms with E-state index >= 15 is 0 Å². The Morgan fingerprint density at radius 3 is 2.55 bits per heavy atom. The van der Waals surface area contributed by atoms with Gasteiger partial charge in [-0.1, -0.05) is 12.1 Å².